The molecular formula is C14H17N3O2S. The van der Waals surface area contributed by atoms with Gasteiger partial charge in [-0.15, -0.1) is 0 Å². The largest absolute Gasteiger partial charge is 0.399 e. The van der Waals surface area contributed by atoms with Crippen LogP contribution in [0.5, 0.6) is 0 Å². The van der Waals surface area contributed by atoms with Gasteiger partial charge in [0, 0.05) is 24.6 Å². The van der Waals surface area contributed by atoms with Gasteiger partial charge < -0.3 is 5.73 Å². The van der Waals surface area contributed by atoms with Crippen molar-refractivity contribution in [2.45, 2.75) is 12.2 Å². The van der Waals surface area contributed by atoms with Gasteiger partial charge in [-0.25, -0.2) is 13.1 Å². The van der Waals surface area contributed by atoms with Crippen LogP contribution in [0.15, 0.2) is 48.8 Å². The van der Waals surface area contributed by atoms with Crippen molar-refractivity contribution in [3.05, 3.63) is 59.9 Å². The summed E-state index contributed by atoms with van der Waals surface area (Å²) in [6.07, 6.45) is 4.04. The molecule has 0 aliphatic heterocycles. The predicted octanol–water partition coefficient (Wildman–Crippen LogP) is 1.33. The van der Waals surface area contributed by atoms with E-state index in [1.807, 2.05) is 12.1 Å². The third kappa shape index (κ3) is 4.64. The fourth-order valence-electron chi connectivity index (χ4n) is 1.78. The van der Waals surface area contributed by atoms with E-state index in [2.05, 4.69) is 9.71 Å². The highest BCUT2D eigenvalue weighted by Crippen LogP contribution is 2.08. The lowest BCUT2D eigenvalue weighted by Crippen LogP contribution is -2.27. The highest BCUT2D eigenvalue weighted by molar-refractivity contribution is 7.88. The third-order valence-corrected chi connectivity index (χ3v) is 4.15. The number of sulfonamides is 1. The van der Waals surface area contributed by atoms with Crippen molar-refractivity contribution in [2.24, 2.45) is 0 Å². The van der Waals surface area contributed by atoms with Gasteiger partial charge in [-0.3, -0.25) is 4.98 Å². The Kier molecular flexibility index (Phi) is 4.70. The molecule has 2 rings (SSSR count). The van der Waals surface area contributed by atoms with Crippen LogP contribution in [-0.4, -0.2) is 19.9 Å². The van der Waals surface area contributed by atoms with E-state index in [1.54, 1.807) is 36.7 Å². The van der Waals surface area contributed by atoms with Crippen LogP contribution in [0.3, 0.4) is 0 Å². The Morgan fingerprint density at radius 3 is 2.50 bits per heavy atom. The normalized spacial score (nSPS) is 11.4. The number of nitrogens with one attached hydrogen (secondary N) is 1. The SMILES string of the molecule is Nc1ccc(CS(=O)(=O)NCCc2cccnc2)cc1. The average molecular weight is 291 g/mol. The quantitative estimate of drug-likeness (QED) is 0.786. The highest BCUT2D eigenvalue weighted by atomic mass is 32.2. The zero-order chi connectivity index (χ0) is 14.4. The molecule has 0 amide bonds. The molecule has 0 aliphatic rings. The van der Waals surface area contributed by atoms with Crippen LogP contribution in [0.25, 0.3) is 0 Å². The number of pyridine rings is 1. The maximum Gasteiger partial charge on any atom is 0.215 e. The molecule has 0 spiro atoms. The smallest absolute Gasteiger partial charge is 0.215 e. The minimum atomic E-state index is -3.33. The predicted molar refractivity (Wildman–Crippen MR) is 79.4 cm³/mol. The number of hydrogen-bond donors (Lipinski definition) is 2. The Balaban J connectivity index is 1.86. The summed E-state index contributed by atoms with van der Waals surface area (Å²) in [5.41, 5.74) is 7.90. The number of nitrogens with zero attached hydrogens (tertiary/aromatic N) is 1. The Morgan fingerprint density at radius 2 is 1.85 bits per heavy atom. The second kappa shape index (κ2) is 6.49. The van der Waals surface area contributed by atoms with E-state index < -0.39 is 10.0 Å². The van der Waals surface area contributed by atoms with Crippen LogP contribution in [0, 0.1) is 0 Å². The zero-order valence-corrected chi connectivity index (χ0v) is 11.8. The van der Waals surface area contributed by atoms with E-state index in [4.69, 9.17) is 5.73 Å². The highest BCUT2D eigenvalue weighted by Gasteiger charge is 2.10. The Morgan fingerprint density at radius 1 is 1.10 bits per heavy atom. The number of benzene rings is 1. The molecule has 1 aromatic heterocycles. The fraction of sp³-hybridized carbons (Fsp3) is 0.214. The molecule has 1 heterocycles. The molecule has 20 heavy (non-hydrogen) atoms. The van der Waals surface area contributed by atoms with Crippen LogP contribution in [0.1, 0.15) is 11.1 Å². The minimum Gasteiger partial charge on any atom is -0.399 e. The molecule has 0 saturated heterocycles. The Labute approximate surface area is 118 Å². The molecule has 0 radical (unpaired) electrons. The second-order valence-corrected chi connectivity index (χ2v) is 6.31. The van der Waals surface area contributed by atoms with E-state index in [0.717, 1.165) is 5.56 Å². The van der Waals surface area contributed by atoms with Gasteiger partial charge in [0.25, 0.3) is 0 Å². The standard InChI is InChI=1S/C14H17N3O2S/c15-14-5-3-13(4-6-14)11-20(18,19)17-9-7-12-2-1-8-16-10-12/h1-6,8,10,17H,7,9,11,15H2. The monoisotopic (exact) mass is 291 g/mol. The van der Waals surface area contributed by atoms with Crippen LogP contribution < -0.4 is 10.5 Å². The van der Waals surface area contributed by atoms with Gasteiger partial charge in [0.1, 0.15) is 0 Å². The first kappa shape index (κ1) is 14.5. The van der Waals surface area contributed by atoms with Crippen molar-refractivity contribution in [1.82, 2.24) is 9.71 Å². The van der Waals surface area contributed by atoms with Crippen molar-refractivity contribution in [3.8, 4) is 0 Å². The van der Waals surface area contributed by atoms with Crippen molar-refractivity contribution in [2.75, 3.05) is 12.3 Å². The van der Waals surface area contributed by atoms with Gasteiger partial charge in [-0.2, -0.15) is 0 Å². The maximum absolute atomic E-state index is 11.9. The first-order chi connectivity index (χ1) is 9.55. The first-order valence-electron chi connectivity index (χ1n) is 6.26. The topological polar surface area (TPSA) is 85.1 Å². The van der Waals surface area contributed by atoms with Crippen molar-refractivity contribution in [3.63, 3.8) is 0 Å². The molecule has 0 fully saturated rings. The second-order valence-electron chi connectivity index (χ2n) is 4.51. The van der Waals surface area contributed by atoms with Crippen molar-refractivity contribution >= 4 is 15.7 Å². The molecule has 3 N–H and O–H groups in total. The van der Waals surface area contributed by atoms with Crippen LogP contribution in [0.4, 0.5) is 5.69 Å². The van der Waals surface area contributed by atoms with Gasteiger partial charge >= 0.3 is 0 Å². The molecule has 6 heteroatoms. The molecule has 1 aromatic carbocycles. The molecule has 2 aromatic rings. The minimum absolute atomic E-state index is 0.0413. The van der Waals surface area contributed by atoms with Gasteiger partial charge in [0.2, 0.25) is 10.0 Å². The molecule has 5 nitrogen and oxygen atoms in total. The van der Waals surface area contributed by atoms with E-state index >= 15 is 0 Å². The summed E-state index contributed by atoms with van der Waals surface area (Å²) < 4.78 is 26.4. The first-order valence-corrected chi connectivity index (χ1v) is 7.91. The molecule has 0 aliphatic carbocycles. The van der Waals surface area contributed by atoms with Crippen LogP contribution >= 0.6 is 0 Å². The summed E-state index contributed by atoms with van der Waals surface area (Å²) in [6.45, 7) is 0.364. The lowest BCUT2D eigenvalue weighted by molar-refractivity contribution is 0.580. The molecule has 0 atom stereocenters. The summed E-state index contributed by atoms with van der Waals surface area (Å²) in [5.74, 6) is -0.0413. The number of anilines is 1. The summed E-state index contributed by atoms with van der Waals surface area (Å²) in [4.78, 5) is 3.99. The van der Waals surface area contributed by atoms with E-state index in [0.29, 0.717) is 24.2 Å². The fourth-order valence-corrected chi connectivity index (χ4v) is 2.93. The average Bonchev–Trinajstić information content (AvgIpc) is 2.42. The number of hydrogen-bond acceptors (Lipinski definition) is 4. The lowest BCUT2D eigenvalue weighted by atomic mass is 10.2. The van der Waals surface area contributed by atoms with Gasteiger partial charge in [0.05, 0.1) is 5.75 Å². The van der Waals surface area contributed by atoms with E-state index in [9.17, 15) is 8.42 Å². The molecule has 0 saturated carbocycles. The van der Waals surface area contributed by atoms with E-state index in [1.165, 1.54) is 0 Å². The van der Waals surface area contributed by atoms with Crippen LogP contribution in [0.2, 0.25) is 0 Å². The van der Waals surface area contributed by atoms with Crippen molar-refractivity contribution < 1.29 is 8.42 Å². The summed E-state index contributed by atoms with van der Waals surface area (Å²) in [5, 5.41) is 0. The summed E-state index contributed by atoms with van der Waals surface area (Å²) in [7, 11) is -3.33. The number of aromatic nitrogens is 1. The van der Waals surface area contributed by atoms with Crippen LogP contribution in [-0.2, 0) is 22.2 Å². The van der Waals surface area contributed by atoms with E-state index in [-0.39, 0.29) is 5.75 Å². The van der Waals surface area contributed by atoms with Gasteiger partial charge in [-0.05, 0) is 35.7 Å². The molecular weight excluding hydrogens is 274 g/mol. The van der Waals surface area contributed by atoms with Gasteiger partial charge in [0.15, 0.2) is 0 Å². The number of rotatable bonds is 6. The molecule has 106 valence electrons. The third-order valence-electron chi connectivity index (χ3n) is 2.79. The summed E-state index contributed by atoms with van der Waals surface area (Å²) >= 11 is 0. The number of nitrogens with two attached hydrogens (primary N) is 1. The lowest BCUT2D eigenvalue weighted by Gasteiger charge is -2.07. The molecule has 0 bridgehead atoms. The van der Waals surface area contributed by atoms with Gasteiger partial charge in [-0.1, -0.05) is 18.2 Å². The Bertz CT molecular complexity index is 640. The van der Waals surface area contributed by atoms with Crippen molar-refractivity contribution in [1.29, 1.82) is 0 Å². The Hall–Kier alpha value is -1.92. The zero-order valence-electron chi connectivity index (χ0n) is 11.0. The molecule has 0 unspecified atom stereocenters. The summed E-state index contributed by atoms with van der Waals surface area (Å²) in [6, 6.07) is 10.6. The maximum atomic E-state index is 11.9. The number of nitrogen functional groups attached to an aromatic ring is 1.